The van der Waals surface area contributed by atoms with Crippen LogP contribution in [0, 0.1) is 5.92 Å². The number of aromatic nitrogens is 2. The SMILES string of the molecule is CCn1cc(S(=O)(=O)NCC2CCCN(CCOC)C2)cn1. The summed E-state index contributed by atoms with van der Waals surface area (Å²) >= 11 is 0. The second-order valence-corrected chi connectivity index (χ2v) is 7.45. The highest BCUT2D eigenvalue weighted by Gasteiger charge is 2.23. The van der Waals surface area contributed by atoms with Crippen LogP contribution in [0.25, 0.3) is 0 Å². The molecule has 0 radical (unpaired) electrons. The van der Waals surface area contributed by atoms with Crippen molar-refractivity contribution in [3.8, 4) is 0 Å². The average molecular weight is 330 g/mol. The van der Waals surface area contributed by atoms with E-state index >= 15 is 0 Å². The van der Waals surface area contributed by atoms with Crippen LogP contribution in [0.1, 0.15) is 19.8 Å². The number of methoxy groups -OCH3 is 1. The molecule has 1 aliphatic rings. The molecule has 126 valence electrons. The fourth-order valence-electron chi connectivity index (χ4n) is 2.71. The molecular formula is C14H26N4O3S. The van der Waals surface area contributed by atoms with Gasteiger partial charge in [0, 0.05) is 39.5 Å². The van der Waals surface area contributed by atoms with E-state index in [9.17, 15) is 8.42 Å². The van der Waals surface area contributed by atoms with Crippen molar-refractivity contribution in [3.63, 3.8) is 0 Å². The van der Waals surface area contributed by atoms with E-state index in [4.69, 9.17) is 4.74 Å². The molecule has 2 heterocycles. The second-order valence-electron chi connectivity index (χ2n) is 5.69. The Labute approximate surface area is 132 Å². The van der Waals surface area contributed by atoms with Crippen molar-refractivity contribution in [3.05, 3.63) is 12.4 Å². The molecule has 1 saturated heterocycles. The summed E-state index contributed by atoms with van der Waals surface area (Å²) in [6.45, 7) is 6.66. The Balaban J connectivity index is 1.85. The quantitative estimate of drug-likeness (QED) is 0.753. The van der Waals surface area contributed by atoms with Crippen molar-refractivity contribution in [1.29, 1.82) is 0 Å². The minimum Gasteiger partial charge on any atom is -0.383 e. The van der Waals surface area contributed by atoms with Crippen LogP contribution in [0.5, 0.6) is 0 Å². The van der Waals surface area contributed by atoms with Crippen LogP contribution >= 0.6 is 0 Å². The lowest BCUT2D eigenvalue weighted by molar-refractivity contribution is 0.115. The van der Waals surface area contributed by atoms with Crippen molar-refractivity contribution >= 4 is 10.0 Å². The van der Waals surface area contributed by atoms with E-state index in [2.05, 4.69) is 14.7 Å². The monoisotopic (exact) mass is 330 g/mol. The maximum absolute atomic E-state index is 12.3. The predicted molar refractivity (Wildman–Crippen MR) is 84.1 cm³/mol. The van der Waals surface area contributed by atoms with Gasteiger partial charge in [0.15, 0.2) is 0 Å². The smallest absolute Gasteiger partial charge is 0.243 e. The third-order valence-corrected chi connectivity index (χ3v) is 5.40. The summed E-state index contributed by atoms with van der Waals surface area (Å²) in [5, 5.41) is 4.02. The maximum Gasteiger partial charge on any atom is 0.243 e. The van der Waals surface area contributed by atoms with E-state index < -0.39 is 10.0 Å². The van der Waals surface area contributed by atoms with Gasteiger partial charge in [0.05, 0.1) is 12.8 Å². The molecule has 7 nitrogen and oxygen atoms in total. The Bertz CT molecular complexity index is 558. The van der Waals surface area contributed by atoms with Gasteiger partial charge >= 0.3 is 0 Å². The van der Waals surface area contributed by atoms with Gasteiger partial charge in [0.2, 0.25) is 10.0 Å². The van der Waals surface area contributed by atoms with Crippen LogP contribution in [0.2, 0.25) is 0 Å². The Morgan fingerprint density at radius 2 is 2.32 bits per heavy atom. The summed E-state index contributed by atoms with van der Waals surface area (Å²) in [4.78, 5) is 2.57. The Hall–Kier alpha value is -0.960. The van der Waals surface area contributed by atoms with Crippen LogP contribution in [-0.4, -0.2) is 63.0 Å². The highest BCUT2D eigenvalue weighted by atomic mass is 32.2. The molecule has 1 fully saturated rings. The lowest BCUT2D eigenvalue weighted by Crippen LogP contribution is -2.42. The molecule has 1 atom stereocenters. The first kappa shape index (κ1) is 17.4. The number of likely N-dealkylation sites (tertiary alicyclic amines) is 1. The van der Waals surface area contributed by atoms with Crippen molar-refractivity contribution in [2.45, 2.75) is 31.2 Å². The minimum absolute atomic E-state index is 0.237. The van der Waals surface area contributed by atoms with Gasteiger partial charge in [-0.1, -0.05) is 0 Å². The number of nitrogens with one attached hydrogen (secondary N) is 1. The molecule has 1 aliphatic heterocycles. The molecule has 2 rings (SSSR count). The predicted octanol–water partition coefficient (Wildman–Crippen LogP) is 0.540. The summed E-state index contributed by atoms with van der Waals surface area (Å²) in [5.74, 6) is 0.349. The highest BCUT2D eigenvalue weighted by Crippen LogP contribution is 2.16. The third-order valence-electron chi connectivity index (χ3n) is 4.02. The summed E-state index contributed by atoms with van der Waals surface area (Å²) in [7, 11) is -1.76. The zero-order valence-electron chi connectivity index (χ0n) is 13.4. The molecule has 1 N–H and O–H groups in total. The molecule has 1 unspecified atom stereocenters. The number of rotatable bonds is 8. The fourth-order valence-corrected chi connectivity index (χ4v) is 3.78. The van der Waals surface area contributed by atoms with E-state index in [1.807, 2.05) is 6.92 Å². The summed E-state index contributed by atoms with van der Waals surface area (Å²) < 4.78 is 34.0. The van der Waals surface area contributed by atoms with Gasteiger partial charge < -0.3 is 9.64 Å². The van der Waals surface area contributed by atoms with Crippen molar-refractivity contribution in [2.24, 2.45) is 5.92 Å². The molecule has 1 aromatic heterocycles. The summed E-state index contributed by atoms with van der Waals surface area (Å²) in [5.41, 5.74) is 0. The fraction of sp³-hybridized carbons (Fsp3) is 0.786. The summed E-state index contributed by atoms with van der Waals surface area (Å²) in [6, 6.07) is 0. The van der Waals surface area contributed by atoms with Crippen molar-refractivity contribution < 1.29 is 13.2 Å². The molecular weight excluding hydrogens is 304 g/mol. The van der Waals surface area contributed by atoms with Crippen molar-refractivity contribution in [1.82, 2.24) is 19.4 Å². The van der Waals surface area contributed by atoms with Crippen LogP contribution in [0.3, 0.4) is 0 Å². The molecule has 0 aliphatic carbocycles. The van der Waals surface area contributed by atoms with Gasteiger partial charge in [-0.15, -0.1) is 0 Å². The number of nitrogens with zero attached hydrogens (tertiary/aromatic N) is 3. The average Bonchev–Trinajstić information content (AvgIpc) is 3.01. The van der Waals surface area contributed by atoms with Gasteiger partial charge in [-0.2, -0.15) is 5.10 Å². The second kappa shape index (κ2) is 8.05. The summed E-state index contributed by atoms with van der Waals surface area (Å²) in [6.07, 6.45) is 5.12. The van der Waals surface area contributed by atoms with Crippen LogP contribution in [0.4, 0.5) is 0 Å². The molecule has 0 saturated carbocycles. The van der Waals surface area contributed by atoms with Gasteiger partial charge in [0.25, 0.3) is 0 Å². The van der Waals surface area contributed by atoms with E-state index in [-0.39, 0.29) is 4.90 Å². The van der Waals surface area contributed by atoms with Crippen LogP contribution in [-0.2, 0) is 21.3 Å². The van der Waals surface area contributed by atoms with Gasteiger partial charge in [-0.25, -0.2) is 13.1 Å². The molecule has 1 aromatic rings. The molecule has 8 heteroatoms. The standard InChI is InChI=1S/C14H26N4O3S/c1-3-18-12-14(10-15-18)22(19,20)16-9-13-5-4-6-17(11-13)7-8-21-2/h10,12-13,16H,3-9,11H2,1-2H3. The first-order valence-electron chi connectivity index (χ1n) is 7.78. The molecule has 22 heavy (non-hydrogen) atoms. The zero-order chi connectivity index (χ0) is 16.0. The Kier molecular flexibility index (Phi) is 6.37. The normalized spacial score (nSPS) is 20.4. The molecule has 0 amide bonds. The maximum atomic E-state index is 12.3. The van der Waals surface area contributed by atoms with Gasteiger partial charge in [-0.05, 0) is 32.2 Å². The van der Waals surface area contributed by atoms with E-state index in [1.165, 1.54) is 6.20 Å². The first-order chi connectivity index (χ1) is 10.5. The Morgan fingerprint density at radius 3 is 3.00 bits per heavy atom. The van der Waals surface area contributed by atoms with Crippen molar-refractivity contribution in [2.75, 3.05) is 39.9 Å². The molecule has 0 aromatic carbocycles. The van der Waals surface area contributed by atoms with Crippen LogP contribution in [0.15, 0.2) is 17.3 Å². The van der Waals surface area contributed by atoms with Gasteiger partial charge in [-0.3, -0.25) is 4.68 Å². The van der Waals surface area contributed by atoms with E-state index in [0.717, 1.165) is 32.5 Å². The lowest BCUT2D eigenvalue weighted by atomic mass is 9.98. The minimum atomic E-state index is -3.46. The first-order valence-corrected chi connectivity index (χ1v) is 9.27. The number of aryl methyl sites for hydroxylation is 1. The number of ether oxygens (including phenoxy) is 1. The third kappa shape index (κ3) is 4.77. The highest BCUT2D eigenvalue weighted by molar-refractivity contribution is 7.89. The molecule has 0 spiro atoms. The lowest BCUT2D eigenvalue weighted by Gasteiger charge is -2.32. The van der Waals surface area contributed by atoms with E-state index in [0.29, 0.717) is 25.6 Å². The topological polar surface area (TPSA) is 76.5 Å². The molecule has 0 bridgehead atoms. The number of hydrogen-bond donors (Lipinski definition) is 1. The van der Waals surface area contributed by atoms with E-state index in [1.54, 1.807) is 18.0 Å². The Morgan fingerprint density at radius 1 is 1.50 bits per heavy atom. The largest absolute Gasteiger partial charge is 0.383 e. The number of sulfonamides is 1. The van der Waals surface area contributed by atoms with Gasteiger partial charge in [0.1, 0.15) is 4.90 Å². The van der Waals surface area contributed by atoms with Crippen LogP contribution < -0.4 is 4.72 Å². The number of piperidine rings is 1. The number of hydrogen-bond acceptors (Lipinski definition) is 5. The zero-order valence-corrected chi connectivity index (χ0v) is 14.2.